The van der Waals surface area contributed by atoms with Crippen molar-refractivity contribution in [3.8, 4) is 11.1 Å². The largest absolute Gasteiger partial charge is 0.465 e. The lowest BCUT2D eigenvalue weighted by molar-refractivity contribution is 0.0601. The summed E-state index contributed by atoms with van der Waals surface area (Å²) >= 11 is 3.67. The first-order valence-electron chi connectivity index (χ1n) is 8.89. The van der Waals surface area contributed by atoms with Gasteiger partial charge in [0, 0.05) is 10.0 Å². The highest BCUT2D eigenvalue weighted by Crippen LogP contribution is 2.38. The molecule has 0 fully saturated rings. The summed E-state index contributed by atoms with van der Waals surface area (Å²) in [6.07, 6.45) is 0. The van der Waals surface area contributed by atoms with Crippen LogP contribution in [-0.2, 0) is 15.6 Å². The number of ether oxygens (including phenoxy) is 1. The zero-order valence-corrected chi connectivity index (χ0v) is 18.7. The van der Waals surface area contributed by atoms with E-state index in [9.17, 15) is 4.79 Å². The van der Waals surface area contributed by atoms with Crippen molar-refractivity contribution in [3.63, 3.8) is 0 Å². The minimum atomic E-state index is -0.317. The third-order valence-corrected chi connectivity index (χ3v) is 5.22. The van der Waals surface area contributed by atoms with E-state index in [0.717, 1.165) is 21.2 Å². The highest BCUT2D eigenvalue weighted by atomic mass is 79.9. The number of carbonyl (C=O) groups is 1. The average molecular weight is 417 g/mol. The fraction of sp³-hybridized carbons (Fsp3) is 0.435. The summed E-state index contributed by atoms with van der Waals surface area (Å²) < 4.78 is 5.95. The lowest BCUT2D eigenvalue weighted by Gasteiger charge is -2.27. The zero-order valence-electron chi connectivity index (χ0n) is 17.1. The van der Waals surface area contributed by atoms with Crippen LogP contribution >= 0.6 is 15.9 Å². The summed E-state index contributed by atoms with van der Waals surface area (Å²) in [6, 6.07) is 10.6. The van der Waals surface area contributed by atoms with E-state index in [1.165, 1.54) is 18.2 Å². The molecule has 0 saturated heterocycles. The van der Waals surface area contributed by atoms with Crippen molar-refractivity contribution in [2.45, 2.75) is 59.3 Å². The smallest absolute Gasteiger partial charge is 0.338 e. The SMILES string of the molecule is COC(=O)c1cc(C)cc(Br)c1-c1cc(C(C)(C)C)cc(C(C)(C)C)c1. The van der Waals surface area contributed by atoms with Gasteiger partial charge >= 0.3 is 5.97 Å². The van der Waals surface area contributed by atoms with Crippen LogP contribution in [0.4, 0.5) is 0 Å². The number of carbonyl (C=O) groups excluding carboxylic acids is 1. The molecule has 0 atom stereocenters. The fourth-order valence-electron chi connectivity index (χ4n) is 2.94. The zero-order chi connectivity index (χ0) is 19.9. The van der Waals surface area contributed by atoms with Gasteiger partial charge in [-0.05, 0) is 52.1 Å². The van der Waals surface area contributed by atoms with Crippen molar-refractivity contribution >= 4 is 21.9 Å². The molecule has 0 aliphatic carbocycles. The van der Waals surface area contributed by atoms with Gasteiger partial charge in [-0.1, -0.05) is 75.7 Å². The molecule has 0 spiro atoms. The number of esters is 1. The quantitative estimate of drug-likeness (QED) is 0.502. The molecule has 0 heterocycles. The van der Waals surface area contributed by atoms with E-state index in [0.29, 0.717) is 5.56 Å². The lowest BCUT2D eigenvalue weighted by Crippen LogP contribution is -2.17. The van der Waals surface area contributed by atoms with Crippen LogP contribution in [0.3, 0.4) is 0 Å². The number of halogens is 1. The maximum absolute atomic E-state index is 12.4. The third kappa shape index (κ3) is 4.37. The van der Waals surface area contributed by atoms with Crippen LogP contribution in [0.5, 0.6) is 0 Å². The fourth-order valence-corrected chi connectivity index (χ4v) is 3.75. The van der Waals surface area contributed by atoms with Gasteiger partial charge in [-0.2, -0.15) is 0 Å². The maximum Gasteiger partial charge on any atom is 0.338 e. The molecule has 0 aromatic heterocycles. The van der Waals surface area contributed by atoms with Gasteiger partial charge in [0.2, 0.25) is 0 Å². The van der Waals surface area contributed by atoms with Crippen LogP contribution in [0.15, 0.2) is 34.8 Å². The monoisotopic (exact) mass is 416 g/mol. The Kier molecular flexibility index (Phi) is 5.72. The molecule has 3 heteroatoms. The number of aryl methyl sites for hydroxylation is 1. The van der Waals surface area contributed by atoms with Crippen LogP contribution in [0, 0.1) is 6.92 Å². The summed E-state index contributed by atoms with van der Waals surface area (Å²) in [7, 11) is 1.43. The predicted molar refractivity (Wildman–Crippen MR) is 113 cm³/mol. The third-order valence-electron chi connectivity index (χ3n) is 4.59. The summed E-state index contributed by atoms with van der Waals surface area (Å²) in [5, 5.41) is 0. The van der Waals surface area contributed by atoms with Gasteiger partial charge in [0.1, 0.15) is 0 Å². The molecule has 26 heavy (non-hydrogen) atoms. The van der Waals surface area contributed by atoms with Crippen LogP contribution < -0.4 is 0 Å². The molecule has 0 unspecified atom stereocenters. The second kappa shape index (κ2) is 7.19. The van der Waals surface area contributed by atoms with Crippen LogP contribution in [0.1, 0.15) is 68.6 Å². The van der Waals surface area contributed by atoms with Crippen LogP contribution in [0.2, 0.25) is 0 Å². The molecule has 0 radical (unpaired) electrons. The highest BCUT2D eigenvalue weighted by molar-refractivity contribution is 9.10. The van der Waals surface area contributed by atoms with Gasteiger partial charge in [-0.15, -0.1) is 0 Å². The van der Waals surface area contributed by atoms with Gasteiger partial charge in [-0.25, -0.2) is 4.79 Å². The first-order chi connectivity index (χ1) is 11.8. The van der Waals surface area contributed by atoms with Gasteiger partial charge in [0.15, 0.2) is 0 Å². The molecule has 0 bridgehead atoms. The molecule has 2 aromatic carbocycles. The molecule has 0 amide bonds. The van der Waals surface area contributed by atoms with Crippen LogP contribution in [-0.4, -0.2) is 13.1 Å². The molecular weight excluding hydrogens is 388 g/mol. The van der Waals surface area contributed by atoms with Crippen molar-refractivity contribution < 1.29 is 9.53 Å². The molecule has 0 saturated carbocycles. The number of benzene rings is 2. The first-order valence-corrected chi connectivity index (χ1v) is 9.69. The Morgan fingerprint density at radius 1 is 0.885 bits per heavy atom. The predicted octanol–water partition coefficient (Wildman–Crippen LogP) is 6.81. The molecular formula is C23H29BrO2. The maximum atomic E-state index is 12.4. The van der Waals surface area contributed by atoms with E-state index in [-0.39, 0.29) is 16.8 Å². The Labute approximate surface area is 166 Å². The number of rotatable bonds is 2. The number of hydrogen-bond acceptors (Lipinski definition) is 2. The molecule has 2 nitrogen and oxygen atoms in total. The topological polar surface area (TPSA) is 26.3 Å². The Morgan fingerprint density at radius 3 is 1.81 bits per heavy atom. The Morgan fingerprint density at radius 2 is 1.38 bits per heavy atom. The van der Waals surface area contributed by atoms with Crippen molar-refractivity contribution in [2.75, 3.05) is 7.11 Å². The van der Waals surface area contributed by atoms with Gasteiger partial charge in [0.25, 0.3) is 0 Å². The molecule has 140 valence electrons. The van der Waals surface area contributed by atoms with Crippen LogP contribution in [0.25, 0.3) is 11.1 Å². The van der Waals surface area contributed by atoms with E-state index < -0.39 is 0 Å². The van der Waals surface area contributed by atoms with Gasteiger partial charge < -0.3 is 4.74 Å². The second-order valence-electron chi connectivity index (χ2n) is 8.96. The molecule has 2 rings (SSSR count). The summed E-state index contributed by atoms with van der Waals surface area (Å²) in [6.45, 7) is 15.3. The summed E-state index contributed by atoms with van der Waals surface area (Å²) in [5.74, 6) is -0.317. The lowest BCUT2D eigenvalue weighted by atomic mass is 9.78. The normalized spacial score (nSPS) is 12.2. The van der Waals surface area contributed by atoms with Crippen molar-refractivity contribution in [1.82, 2.24) is 0 Å². The molecule has 0 aliphatic heterocycles. The van der Waals surface area contributed by atoms with Gasteiger partial charge in [0.05, 0.1) is 12.7 Å². The number of methoxy groups -OCH3 is 1. The molecule has 2 aromatic rings. The minimum Gasteiger partial charge on any atom is -0.465 e. The van der Waals surface area contributed by atoms with E-state index in [4.69, 9.17) is 4.74 Å². The number of hydrogen-bond donors (Lipinski definition) is 0. The minimum absolute atomic E-state index is 0.0125. The molecule has 0 N–H and O–H groups in total. The summed E-state index contributed by atoms with van der Waals surface area (Å²) in [4.78, 5) is 12.4. The Bertz CT molecular complexity index is 804. The Balaban J connectivity index is 2.86. The second-order valence-corrected chi connectivity index (χ2v) is 9.81. The standard InChI is InChI=1S/C23H29BrO2/c1-14-9-18(21(25)26-8)20(19(24)10-14)15-11-16(22(2,3)4)13-17(12-15)23(5,6)7/h9-13H,1-8H3. The van der Waals surface area contributed by atoms with Crippen molar-refractivity contribution in [2.24, 2.45) is 0 Å². The summed E-state index contributed by atoms with van der Waals surface area (Å²) in [5.41, 5.74) is 6.06. The van der Waals surface area contributed by atoms with Crippen molar-refractivity contribution in [3.05, 3.63) is 57.1 Å². The highest BCUT2D eigenvalue weighted by Gasteiger charge is 2.24. The average Bonchev–Trinajstić information content (AvgIpc) is 2.51. The van der Waals surface area contributed by atoms with Gasteiger partial charge in [-0.3, -0.25) is 0 Å². The van der Waals surface area contributed by atoms with E-state index in [2.05, 4.69) is 75.7 Å². The van der Waals surface area contributed by atoms with Crippen molar-refractivity contribution in [1.29, 1.82) is 0 Å². The first kappa shape index (κ1) is 20.7. The molecule has 0 aliphatic rings. The van der Waals surface area contributed by atoms with E-state index in [1.807, 2.05) is 19.1 Å². The van der Waals surface area contributed by atoms with E-state index >= 15 is 0 Å². The Hall–Kier alpha value is -1.61. The van der Waals surface area contributed by atoms with E-state index in [1.54, 1.807) is 0 Å².